The summed E-state index contributed by atoms with van der Waals surface area (Å²) in [5, 5.41) is 10.9. The lowest BCUT2D eigenvalue weighted by atomic mass is 9.79. The van der Waals surface area contributed by atoms with Crippen molar-refractivity contribution in [2.75, 3.05) is 18.6 Å². The summed E-state index contributed by atoms with van der Waals surface area (Å²) >= 11 is 5.41. The van der Waals surface area contributed by atoms with E-state index >= 15 is 0 Å². The van der Waals surface area contributed by atoms with E-state index in [1.54, 1.807) is 7.11 Å². The van der Waals surface area contributed by atoms with Gasteiger partial charge in [0.05, 0.1) is 12.7 Å². The zero-order chi connectivity index (χ0) is 14.1. The second-order valence-electron chi connectivity index (χ2n) is 6.19. The molecule has 0 aromatic heterocycles. The molecule has 106 valence electrons. The number of rotatable bonds is 3. The van der Waals surface area contributed by atoms with Crippen LogP contribution in [0.1, 0.15) is 25.8 Å². The zero-order valence-corrected chi connectivity index (χ0v) is 14.1. The Morgan fingerprint density at radius 3 is 2.74 bits per heavy atom. The minimum atomic E-state index is -0.624. The predicted molar refractivity (Wildman–Crippen MR) is 85.1 cm³/mol. The van der Waals surface area contributed by atoms with E-state index in [-0.39, 0.29) is 5.41 Å². The first-order valence-electron chi connectivity index (χ1n) is 6.46. The van der Waals surface area contributed by atoms with Crippen molar-refractivity contribution in [3.05, 3.63) is 28.2 Å². The standard InChI is InChI=1S/C15H21BrO2S/c1-14(2)8-15(17,10-19-9-14)7-11-6-12(18-3)4-5-13(11)16/h4-6,17H,7-10H2,1-3H3. The molecule has 1 saturated heterocycles. The van der Waals surface area contributed by atoms with Gasteiger partial charge in [-0.05, 0) is 41.4 Å². The average molecular weight is 345 g/mol. The van der Waals surface area contributed by atoms with Crippen LogP contribution in [0.5, 0.6) is 5.75 Å². The van der Waals surface area contributed by atoms with Crippen LogP contribution in [-0.2, 0) is 6.42 Å². The highest BCUT2D eigenvalue weighted by Gasteiger charge is 2.39. The zero-order valence-electron chi connectivity index (χ0n) is 11.7. The summed E-state index contributed by atoms with van der Waals surface area (Å²) in [5.74, 6) is 2.76. The second kappa shape index (κ2) is 5.66. The Hall–Kier alpha value is -0.190. The highest BCUT2D eigenvalue weighted by atomic mass is 79.9. The van der Waals surface area contributed by atoms with E-state index in [1.807, 2.05) is 30.0 Å². The number of ether oxygens (including phenoxy) is 1. The topological polar surface area (TPSA) is 29.5 Å². The third-order valence-corrected chi connectivity index (χ3v) is 5.94. The molecule has 1 aromatic rings. The minimum absolute atomic E-state index is 0.197. The van der Waals surface area contributed by atoms with Crippen LogP contribution >= 0.6 is 27.7 Å². The van der Waals surface area contributed by atoms with Crippen molar-refractivity contribution in [2.45, 2.75) is 32.3 Å². The van der Waals surface area contributed by atoms with E-state index in [9.17, 15) is 5.11 Å². The third-order valence-electron chi connectivity index (χ3n) is 3.44. The lowest BCUT2D eigenvalue weighted by Crippen LogP contribution is -2.44. The van der Waals surface area contributed by atoms with Gasteiger partial charge in [0.2, 0.25) is 0 Å². The first-order chi connectivity index (χ1) is 8.84. The van der Waals surface area contributed by atoms with Crippen LogP contribution in [0.25, 0.3) is 0 Å². The van der Waals surface area contributed by atoms with Crippen LogP contribution in [-0.4, -0.2) is 29.3 Å². The van der Waals surface area contributed by atoms with E-state index in [0.29, 0.717) is 6.42 Å². The van der Waals surface area contributed by atoms with Crippen molar-refractivity contribution in [1.29, 1.82) is 0 Å². The van der Waals surface area contributed by atoms with Crippen LogP contribution in [0, 0.1) is 5.41 Å². The fraction of sp³-hybridized carbons (Fsp3) is 0.600. The SMILES string of the molecule is COc1ccc(Br)c(CC2(O)CSCC(C)(C)C2)c1. The van der Waals surface area contributed by atoms with Gasteiger partial charge in [-0.1, -0.05) is 29.8 Å². The monoisotopic (exact) mass is 344 g/mol. The summed E-state index contributed by atoms with van der Waals surface area (Å²) in [6.07, 6.45) is 1.51. The number of hydrogen-bond acceptors (Lipinski definition) is 3. The van der Waals surface area contributed by atoms with Gasteiger partial charge in [0, 0.05) is 16.6 Å². The predicted octanol–water partition coefficient (Wildman–Crippen LogP) is 3.89. The Labute approximate surface area is 128 Å². The molecule has 1 aliphatic heterocycles. The average Bonchev–Trinajstić information content (AvgIpc) is 2.30. The molecule has 2 nitrogen and oxygen atoms in total. The fourth-order valence-electron chi connectivity index (χ4n) is 2.79. The van der Waals surface area contributed by atoms with Gasteiger partial charge in [-0.15, -0.1) is 0 Å². The van der Waals surface area contributed by atoms with Crippen molar-refractivity contribution in [1.82, 2.24) is 0 Å². The van der Waals surface area contributed by atoms with Crippen LogP contribution in [0.3, 0.4) is 0 Å². The Balaban J connectivity index is 2.20. The van der Waals surface area contributed by atoms with Crippen LogP contribution in [0.4, 0.5) is 0 Å². The van der Waals surface area contributed by atoms with E-state index in [2.05, 4.69) is 29.8 Å². The molecule has 1 unspecified atom stereocenters. The Bertz CT molecular complexity index is 461. The lowest BCUT2D eigenvalue weighted by molar-refractivity contribution is 0.0198. The van der Waals surface area contributed by atoms with Gasteiger partial charge in [-0.2, -0.15) is 11.8 Å². The molecule has 0 aliphatic carbocycles. The molecule has 1 N–H and O–H groups in total. The first-order valence-corrected chi connectivity index (χ1v) is 8.41. The van der Waals surface area contributed by atoms with Crippen molar-refractivity contribution in [2.24, 2.45) is 5.41 Å². The van der Waals surface area contributed by atoms with Gasteiger partial charge in [0.1, 0.15) is 5.75 Å². The first kappa shape index (κ1) is 15.2. The summed E-state index contributed by atoms with van der Waals surface area (Å²) < 4.78 is 6.30. The molecule has 2 rings (SSSR count). The molecule has 1 fully saturated rings. The second-order valence-corrected chi connectivity index (χ2v) is 8.03. The third kappa shape index (κ3) is 3.89. The van der Waals surface area contributed by atoms with Crippen molar-refractivity contribution in [3.8, 4) is 5.75 Å². The number of methoxy groups -OCH3 is 1. The smallest absolute Gasteiger partial charge is 0.119 e. The molecular weight excluding hydrogens is 324 g/mol. The molecule has 1 aliphatic rings. The number of benzene rings is 1. The lowest BCUT2D eigenvalue weighted by Gasteiger charge is -2.41. The normalized spacial score (nSPS) is 26.2. The fourth-order valence-corrected chi connectivity index (χ4v) is 4.52. The molecule has 0 amide bonds. The maximum atomic E-state index is 10.9. The van der Waals surface area contributed by atoms with E-state index in [0.717, 1.165) is 33.7 Å². The molecule has 0 saturated carbocycles. The molecule has 0 bridgehead atoms. The number of hydrogen-bond donors (Lipinski definition) is 1. The summed E-state index contributed by atoms with van der Waals surface area (Å²) in [5.41, 5.74) is 0.685. The molecule has 1 atom stereocenters. The molecule has 4 heteroatoms. The van der Waals surface area contributed by atoms with E-state index in [4.69, 9.17) is 4.74 Å². The van der Waals surface area contributed by atoms with Gasteiger partial charge in [0.15, 0.2) is 0 Å². The molecular formula is C15H21BrO2S. The van der Waals surface area contributed by atoms with E-state index < -0.39 is 5.60 Å². The Morgan fingerprint density at radius 1 is 1.37 bits per heavy atom. The van der Waals surface area contributed by atoms with Gasteiger partial charge in [-0.3, -0.25) is 0 Å². The number of aliphatic hydroxyl groups is 1. The minimum Gasteiger partial charge on any atom is -0.497 e. The van der Waals surface area contributed by atoms with Crippen LogP contribution in [0.15, 0.2) is 22.7 Å². The molecule has 0 radical (unpaired) electrons. The molecule has 19 heavy (non-hydrogen) atoms. The van der Waals surface area contributed by atoms with Crippen molar-refractivity contribution < 1.29 is 9.84 Å². The van der Waals surface area contributed by atoms with Gasteiger partial charge >= 0.3 is 0 Å². The van der Waals surface area contributed by atoms with Crippen LogP contribution < -0.4 is 4.74 Å². The molecule has 1 aromatic carbocycles. The highest BCUT2D eigenvalue weighted by molar-refractivity contribution is 9.10. The molecule has 0 spiro atoms. The van der Waals surface area contributed by atoms with E-state index in [1.165, 1.54) is 0 Å². The van der Waals surface area contributed by atoms with Gasteiger partial charge in [0.25, 0.3) is 0 Å². The Kier molecular flexibility index (Phi) is 4.53. The summed E-state index contributed by atoms with van der Waals surface area (Å²) in [6.45, 7) is 4.45. The summed E-state index contributed by atoms with van der Waals surface area (Å²) in [6, 6.07) is 5.92. The largest absolute Gasteiger partial charge is 0.497 e. The summed E-state index contributed by atoms with van der Waals surface area (Å²) in [7, 11) is 1.67. The van der Waals surface area contributed by atoms with Crippen molar-refractivity contribution in [3.63, 3.8) is 0 Å². The van der Waals surface area contributed by atoms with Gasteiger partial charge in [-0.25, -0.2) is 0 Å². The maximum Gasteiger partial charge on any atom is 0.119 e. The number of thioether (sulfide) groups is 1. The van der Waals surface area contributed by atoms with Crippen molar-refractivity contribution >= 4 is 27.7 Å². The number of halogens is 1. The quantitative estimate of drug-likeness (QED) is 0.901. The van der Waals surface area contributed by atoms with Crippen LogP contribution in [0.2, 0.25) is 0 Å². The maximum absolute atomic E-state index is 10.9. The molecule has 1 heterocycles. The Morgan fingerprint density at radius 2 is 2.11 bits per heavy atom. The van der Waals surface area contributed by atoms with Gasteiger partial charge < -0.3 is 9.84 Å². The highest BCUT2D eigenvalue weighted by Crippen LogP contribution is 2.41. The summed E-state index contributed by atoms with van der Waals surface area (Å²) in [4.78, 5) is 0.